The Labute approximate surface area is 91.0 Å². The lowest BCUT2D eigenvalue weighted by Crippen LogP contribution is -2.17. The van der Waals surface area contributed by atoms with E-state index in [0.717, 1.165) is 11.4 Å². The third-order valence-electron chi connectivity index (χ3n) is 2.92. The van der Waals surface area contributed by atoms with Gasteiger partial charge in [0.2, 0.25) is 0 Å². The number of methoxy groups -OCH3 is 1. The van der Waals surface area contributed by atoms with Crippen LogP contribution in [0.1, 0.15) is 12.8 Å². The smallest absolute Gasteiger partial charge is 0.142 e. The van der Waals surface area contributed by atoms with Crippen LogP contribution in [0.4, 0.5) is 11.4 Å². The van der Waals surface area contributed by atoms with E-state index in [4.69, 9.17) is 4.74 Å². The van der Waals surface area contributed by atoms with Gasteiger partial charge in [-0.05, 0) is 31.0 Å². The van der Waals surface area contributed by atoms with Crippen molar-refractivity contribution < 1.29 is 4.74 Å². The zero-order valence-corrected chi connectivity index (χ0v) is 9.42. The highest BCUT2D eigenvalue weighted by Gasteiger charge is 2.13. The predicted octanol–water partition coefficient (Wildman–Crippen LogP) is 2.34. The van der Waals surface area contributed by atoms with Crippen molar-refractivity contribution in [1.29, 1.82) is 0 Å². The molecule has 1 N–H and O–H groups in total. The average molecular weight is 206 g/mol. The zero-order valence-electron chi connectivity index (χ0n) is 9.42. The van der Waals surface area contributed by atoms with E-state index in [1.54, 1.807) is 7.11 Å². The molecule has 0 aromatic heterocycles. The summed E-state index contributed by atoms with van der Waals surface area (Å²) in [6, 6.07) is 6.31. The van der Waals surface area contributed by atoms with Gasteiger partial charge in [-0.1, -0.05) is 0 Å². The molecule has 0 aliphatic carbocycles. The summed E-state index contributed by atoms with van der Waals surface area (Å²) >= 11 is 0. The standard InChI is InChI=1S/C12H18N2O/c1-13-11-9-10(5-6-12(11)15-2)14-7-3-4-8-14/h5-6,9,13H,3-4,7-8H2,1-2H3. The number of hydrogen-bond acceptors (Lipinski definition) is 3. The fourth-order valence-electron chi connectivity index (χ4n) is 2.06. The molecule has 0 radical (unpaired) electrons. The summed E-state index contributed by atoms with van der Waals surface area (Å²) < 4.78 is 5.27. The molecule has 3 heteroatoms. The van der Waals surface area contributed by atoms with E-state index in [1.165, 1.54) is 31.6 Å². The van der Waals surface area contributed by atoms with E-state index in [2.05, 4.69) is 22.3 Å². The Hall–Kier alpha value is -1.38. The van der Waals surface area contributed by atoms with Crippen molar-refractivity contribution in [2.24, 2.45) is 0 Å². The van der Waals surface area contributed by atoms with Crippen LogP contribution in [0.5, 0.6) is 5.75 Å². The first-order valence-electron chi connectivity index (χ1n) is 5.46. The molecule has 0 saturated carbocycles. The van der Waals surface area contributed by atoms with Crippen LogP contribution in [0.2, 0.25) is 0 Å². The van der Waals surface area contributed by atoms with Crippen LogP contribution in [-0.4, -0.2) is 27.2 Å². The van der Waals surface area contributed by atoms with Gasteiger partial charge in [0.25, 0.3) is 0 Å². The highest BCUT2D eigenvalue weighted by molar-refractivity contribution is 5.65. The number of rotatable bonds is 3. The SMILES string of the molecule is CNc1cc(N2CCCC2)ccc1OC. The fraction of sp³-hybridized carbons (Fsp3) is 0.500. The number of anilines is 2. The summed E-state index contributed by atoms with van der Waals surface area (Å²) in [6.07, 6.45) is 2.61. The van der Waals surface area contributed by atoms with Crippen molar-refractivity contribution in [2.45, 2.75) is 12.8 Å². The number of nitrogens with zero attached hydrogens (tertiary/aromatic N) is 1. The summed E-state index contributed by atoms with van der Waals surface area (Å²) in [5.41, 5.74) is 2.35. The van der Waals surface area contributed by atoms with Crippen LogP contribution in [0.3, 0.4) is 0 Å². The molecule has 2 rings (SSSR count). The van der Waals surface area contributed by atoms with E-state index >= 15 is 0 Å². The maximum atomic E-state index is 5.27. The zero-order chi connectivity index (χ0) is 10.7. The molecule has 82 valence electrons. The van der Waals surface area contributed by atoms with Gasteiger partial charge in [0.1, 0.15) is 5.75 Å². The first-order chi connectivity index (χ1) is 7.35. The summed E-state index contributed by atoms with van der Waals surface area (Å²) in [5.74, 6) is 0.903. The van der Waals surface area contributed by atoms with Crippen molar-refractivity contribution in [3.05, 3.63) is 18.2 Å². The number of hydrogen-bond donors (Lipinski definition) is 1. The molecule has 1 fully saturated rings. The highest BCUT2D eigenvalue weighted by Crippen LogP contribution is 2.30. The van der Waals surface area contributed by atoms with Crippen LogP contribution in [0, 0.1) is 0 Å². The normalized spacial score (nSPS) is 15.5. The molecule has 0 unspecified atom stereocenters. The van der Waals surface area contributed by atoms with E-state index in [9.17, 15) is 0 Å². The molecule has 3 nitrogen and oxygen atoms in total. The Kier molecular flexibility index (Phi) is 2.99. The number of benzene rings is 1. The topological polar surface area (TPSA) is 24.5 Å². The minimum Gasteiger partial charge on any atom is -0.495 e. The lowest BCUT2D eigenvalue weighted by molar-refractivity contribution is 0.416. The Bertz CT molecular complexity index is 332. The van der Waals surface area contributed by atoms with Gasteiger partial charge < -0.3 is 15.0 Å². The van der Waals surface area contributed by atoms with Crippen molar-refractivity contribution in [3.63, 3.8) is 0 Å². The lowest BCUT2D eigenvalue weighted by Gasteiger charge is -2.19. The summed E-state index contributed by atoms with van der Waals surface area (Å²) in [6.45, 7) is 2.35. The van der Waals surface area contributed by atoms with Crippen molar-refractivity contribution in [2.75, 3.05) is 37.5 Å². The van der Waals surface area contributed by atoms with E-state index in [1.807, 2.05) is 13.1 Å². The van der Waals surface area contributed by atoms with Crippen molar-refractivity contribution in [1.82, 2.24) is 0 Å². The van der Waals surface area contributed by atoms with Crippen molar-refractivity contribution >= 4 is 11.4 Å². The Morgan fingerprint density at radius 3 is 2.60 bits per heavy atom. The third-order valence-corrected chi connectivity index (χ3v) is 2.92. The van der Waals surface area contributed by atoms with Gasteiger partial charge in [-0.25, -0.2) is 0 Å². The lowest BCUT2D eigenvalue weighted by atomic mass is 10.2. The first kappa shape index (κ1) is 10.1. The number of nitrogens with one attached hydrogen (secondary N) is 1. The molecule has 15 heavy (non-hydrogen) atoms. The second-order valence-corrected chi connectivity index (χ2v) is 3.83. The molecule has 1 aliphatic heterocycles. The quantitative estimate of drug-likeness (QED) is 0.821. The van der Waals surface area contributed by atoms with Crippen LogP contribution in [0.15, 0.2) is 18.2 Å². The Morgan fingerprint density at radius 1 is 1.27 bits per heavy atom. The molecule has 1 aliphatic rings. The predicted molar refractivity (Wildman–Crippen MR) is 64.0 cm³/mol. The average Bonchev–Trinajstić information content (AvgIpc) is 2.81. The van der Waals surface area contributed by atoms with E-state index in [0.29, 0.717) is 0 Å². The van der Waals surface area contributed by atoms with Crippen LogP contribution in [0.25, 0.3) is 0 Å². The summed E-state index contributed by atoms with van der Waals surface area (Å²) in [7, 11) is 3.62. The van der Waals surface area contributed by atoms with Gasteiger partial charge in [0, 0.05) is 25.8 Å². The van der Waals surface area contributed by atoms with Gasteiger partial charge in [0.15, 0.2) is 0 Å². The molecule has 1 heterocycles. The van der Waals surface area contributed by atoms with Gasteiger partial charge in [-0.3, -0.25) is 0 Å². The van der Waals surface area contributed by atoms with E-state index < -0.39 is 0 Å². The first-order valence-corrected chi connectivity index (χ1v) is 5.46. The molecule has 0 atom stereocenters. The summed E-state index contributed by atoms with van der Waals surface area (Å²) in [5, 5.41) is 3.16. The van der Waals surface area contributed by atoms with Crippen LogP contribution < -0.4 is 15.0 Å². The molecule has 1 aromatic carbocycles. The molecule has 0 bridgehead atoms. The Balaban J connectivity index is 2.25. The van der Waals surface area contributed by atoms with Crippen LogP contribution >= 0.6 is 0 Å². The van der Waals surface area contributed by atoms with Crippen LogP contribution in [-0.2, 0) is 0 Å². The monoisotopic (exact) mass is 206 g/mol. The van der Waals surface area contributed by atoms with Gasteiger partial charge in [-0.15, -0.1) is 0 Å². The maximum absolute atomic E-state index is 5.27. The Morgan fingerprint density at radius 2 is 2.00 bits per heavy atom. The second kappa shape index (κ2) is 4.43. The second-order valence-electron chi connectivity index (χ2n) is 3.83. The number of ether oxygens (including phenoxy) is 1. The summed E-state index contributed by atoms with van der Waals surface area (Å²) in [4.78, 5) is 2.42. The van der Waals surface area contributed by atoms with Gasteiger partial charge >= 0.3 is 0 Å². The van der Waals surface area contributed by atoms with Gasteiger partial charge in [-0.2, -0.15) is 0 Å². The molecule has 1 aromatic rings. The maximum Gasteiger partial charge on any atom is 0.142 e. The van der Waals surface area contributed by atoms with Gasteiger partial charge in [0.05, 0.1) is 12.8 Å². The third kappa shape index (κ3) is 2.01. The van der Waals surface area contributed by atoms with E-state index in [-0.39, 0.29) is 0 Å². The molecule has 0 amide bonds. The fourth-order valence-corrected chi connectivity index (χ4v) is 2.06. The minimum atomic E-state index is 0.903. The minimum absolute atomic E-state index is 0.903. The molecule has 0 spiro atoms. The molecular formula is C12H18N2O. The van der Waals surface area contributed by atoms with Crippen molar-refractivity contribution in [3.8, 4) is 5.75 Å². The molecular weight excluding hydrogens is 188 g/mol. The highest BCUT2D eigenvalue weighted by atomic mass is 16.5. The molecule has 1 saturated heterocycles. The largest absolute Gasteiger partial charge is 0.495 e.